The molecule has 1 heterocycles. The average molecular weight is 657 g/mol. The summed E-state index contributed by atoms with van der Waals surface area (Å²) >= 11 is 0. The number of hydrogen-bond acceptors (Lipinski definition) is 9. The SMILES string of the molecule is CO[C@@H]1COC(=O)[C@H](C)NC(=O)C/C=C/[C@H](C)[C@@H](NS(=O)(=O)c2ccc(C)cc2)COC(=O)[C@@H](OCc2ccccc2)/C=C/[C@H]1C. The highest BCUT2D eigenvalue weighted by Gasteiger charge is 2.28. The maximum absolute atomic E-state index is 13.4. The first-order valence-corrected chi connectivity index (χ1v) is 16.6. The molecule has 0 saturated heterocycles. The Morgan fingerprint density at radius 1 is 0.870 bits per heavy atom. The Morgan fingerprint density at radius 2 is 1.54 bits per heavy atom. The van der Waals surface area contributed by atoms with Gasteiger partial charge in [0.25, 0.3) is 0 Å². The first-order valence-electron chi connectivity index (χ1n) is 15.1. The smallest absolute Gasteiger partial charge is 0.339 e. The van der Waals surface area contributed by atoms with E-state index in [-0.39, 0.29) is 37.1 Å². The van der Waals surface area contributed by atoms with Crippen molar-refractivity contribution in [3.8, 4) is 0 Å². The van der Waals surface area contributed by atoms with Crippen molar-refractivity contribution in [2.75, 3.05) is 20.3 Å². The Balaban J connectivity index is 1.91. The number of hydrogen-bond donors (Lipinski definition) is 2. The van der Waals surface area contributed by atoms with E-state index in [1.165, 1.54) is 26.2 Å². The van der Waals surface area contributed by atoms with Crippen molar-refractivity contribution in [1.82, 2.24) is 10.0 Å². The molecule has 0 aliphatic carbocycles. The van der Waals surface area contributed by atoms with E-state index in [4.69, 9.17) is 18.9 Å². The van der Waals surface area contributed by atoms with Gasteiger partial charge in [-0.3, -0.25) is 4.79 Å². The molecule has 6 atom stereocenters. The number of methoxy groups -OCH3 is 1. The van der Waals surface area contributed by atoms with Crippen LogP contribution >= 0.6 is 0 Å². The first-order chi connectivity index (χ1) is 21.9. The molecule has 0 fully saturated rings. The van der Waals surface area contributed by atoms with Crippen LogP contribution in [0.5, 0.6) is 0 Å². The Morgan fingerprint density at radius 3 is 2.22 bits per heavy atom. The van der Waals surface area contributed by atoms with Crippen molar-refractivity contribution >= 4 is 27.9 Å². The largest absolute Gasteiger partial charge is 0.462 e. The number of carbonyl (C=O) groups excluding carboxylic acids is 3. The molecule has 1 aliphatic rings. The van der Waals surface area contributed by atoms with Gasteiger partial charge in [0.1, 0.15) is 19.3 Å². The molecule has 2 N–H and O–H groups in total. The molecular weight excluding hydrogens is 612 g/mol. The minimum atomic E-state index is -3.99. The van der Waals surface area contributed by atoms with Crippen LogP contribution in [0.2, 0.25) is 0 Å². The van der Waals surface area contributed by atoms with Gasteiger partial charge in [0.2, 0.25) is 15.9 Å². The van der Waals surface area contributed by atoms with E-state index in [0.29, 0.717) is 0 Å². The highest BCUT2D eigenvalue weighted by Crippen LogP contribution is 2.17. The van der Waals surface area contributed by atoms with Gasteiger partial charge >= 0.3 is 11.9 Å². The molecule has 2 aromatic rings. The quantitative estimate of drug-likeness (QED) is 0.337. The van der Waals surface area contributed by atoms with Gasteiger partial charge in [0.15, 0.2) is 6.10 Å². The van der Waals surface area contributed by atoms with E-state index in [2.05, 4.69) is 10.0 Å². The molecule has 0 bridgehead atoms. The third kappa shape index (κ3) is 11.5. The Kier molecular flexibility index (Phi) is 14.1. The summed E-state index contributed by atoms with van der Waals surface area (Å²) < 4.78 is 51.8. The van der Waals surface area contributed by atoms with Crippen LogP contribution in [0, 0.1) is 18.8 Å². The van der Waals surface area contributed by atoms with Gasteiger partial charge in [-0.25, -0.2) is 22.7 Å². The van der Waals surface area contributed by atoms with Crippen LogP contribution in [0.1, 0.15) is 38.3 Å². The second kappa shape index (κ2) is 17.7. The first kappa shape index (κ1) is 36.6. The molecule has 0 radical (unpaired) electrons. The van der Waals surface area contributed by atoms with E-state index < -0.39 is 58.1 Å². The molecule has 46 heavy (non-hydrogen) atoms. The predicted molar refractivity (Wildman–Crippen MR) is 172 cm³/mol. The zero-order valence-corrected chi connectivity index (χ0v) is 27.7. The van der Waals surface area contributed by atoms with E-state index in [1.54, 1.807) is 43.4 Å². The second-order valence-electron chi connectivity index (χ2n) is 11.3. The molecule has 3 rings (SSSR count). The van der Waals surface area contributed by atoms with E-state index in [0.717, 1.165) is 11.1 Å². The molecule has 0 spiro atoms. The number of esters is 2. The predicted octanol–water partition coefficient (Wildman–Crippen LogP) is 3.62. The number of carbonyl (C=O) groups is 3. The fraction of sp³-hybridized carbons (Fsp3) is 0.441. The number of nitrogens with one attached hydrogen (secondary N) is 2. The van der Waals surface area contributed by atoms with Crippen LogP contribution in [0.15, 0.2) is 83.8 Å². The summed E-state index contributed by atoms with van der Waals surface area (Å²) in [5, 5.41) is 2.60. The Hall–Kier alpha value is -3.84. The van der Waals surface area contributed by atoms with Gasteiger partial charge < -0.3 is 24.3 Å². The van der Waals surface area contributed by atoms with E-state index in [9.17, 15) is 22.8 Å². The minimum Gasteiger partial charge on any atom is -0.462 e. The summed E-state index contributed by atoms with van der Waals surface area (Å²) in [6.07, 6.45) is 4.72. The normalized spacial score (nSPS) is 27.2. The molecule has 1 amide bonds. The van der Waals surface area contributed by atoms with Crippen molar-refractivity contribution in [1.29, 1.82) is 0 Å². The zero-order chi connectivity index (χ0) is 33.7. The summed E-state index contributed by atoms with van der Waals surface area (Å²) in [5.41, 5.74) is 1.74. The lowest BCUT2D eigenvalue weighted by atomic mass is 10.0. The van der Waals surface area contributed by atoms with Crippen LogP contribution in [-0.2, 0) is 50.0 Å². The maximum atomic E-state index is 13.4. The molecule has 0 aromatic heterocycles. The van der Waals surface area contributed by atoms with Crippen LogP contribution in [0.25, 0.3) is 0 Å². The number of aryl methyl sites for hydroxylation is 1. The fourth-order valence-corrected chi connectivity index (χ4v) is 5.81. The fourth-order valence-electron chi connectivity index (χ4n) is 4.50. The lowest BCUT2D eigenvalue weighted by Crippen LogP contribution is -2.43. The number of amides is 1. The summed E-state index contributed by atoms with van der Waals surface area (Å²) in [6, 6.07) is 13.9. The number of sulfonamides is 1. The third-order valence-corrected chi connectivity index (χ3v) is 9.03. The Labute approximate surface area is 271 Å². The maximum Gasteiger partial charge on any atom is 0.339 e. The Bertz CT molecular complexity index is 1460. The van der Waals surface area contributed by atoms with Gasteiger partial charge in [0.05, 0.1) is 23.6 Å². The number of cyclic esters (lactones) is 2. The lowest BCUT2D eigenvalue weighted by molar-refractivity contribution is -0.155. The van der Waals surface area contributed by atoms with Gasteiger partial charge in [-0.2, -0.15) is 0 Å². The van der Waals surface area contributed by atoms with Crippen molar-refractivity contribution in [2.24, 2.45) is 11.8 Å². The highest BCUT2D eigenvalue weighted by atomic mass is 32.2. The molecule has 1 aliphatic heterocycles. The molecule has 11 nitrogen and oxygen atoms in total. The van der Waals surface area contributed by atoms with Crippen LogP contribution in [0.4, 0.5) is 0 Å². The van der Waals surface area contributed by atoms with Crippen molar-refractivity contribution in [3.63, 3.8) is 0 Å². The van der Waals surface area contributed by atoms with Gasteiger partial charge in [-0.1, -0.05) is 80.1 Å². The summed E-state index contributed by atoms with van der Waals surface area (Å²) in [5.74, 6) is -2.60. The topological polar surface area (TPSA) is 146 Å². The minimum absolute atomic E-state index is 0.0602. The van der Waals surface area contributed by atoms with Gasteiger partial charge in [-0.05, 0) is 43.5 Å². The third-order valence-electron chi connectivity index (χ3n) is 7.52. The molecular formula is C34H44N2O9S. The number of benzene rings is 2. The standard InChI is InChI=1S/C34H44N2O9S/c1-23-14-17-28(18-15-23)46(40,41)36-29-21-44-34(39)30(43-20-27-11-7-6-8-12-27)19-16-25(3)31(42-5)22-45-33(38)26(4)35-32(37)13-9-10-24(29)2/h6-12,14-19,24-26,29-31,36H,13,20-22H2,1-5H3,(H,35,37)/b10-9+,19-16+/t24-,25+,26-,29-,30-,31+/m0/s1. The molecule has 12 heteroatoms. The second-order valence-corrected chi connectivity index (χ2v) is 13.0. The van der Waals surface area contributed by atoms with Crippen LogP contribution in [0.3, 0.4) is 0 Å². The van der Waals surface area contributed by atoms with Gasteiger partial charge in [0, 0.05) is 19.4 Å². The number of ether oxygens (including phenoxy) is 4. The lowest BCUT2D eigenvalue weighted by Gasteiger charge is -2.24. The monoisotopic (exact) mass is 656 g/mol. The molecule has 2 aromatic carbocycles. The zero-order valence-electron chi connectivity index (χ0n) is 26.9. The van der Waals surface area contributed by atoms with Crippen LogP contribution in [-0.4, -0.2) is 70.9 Å². The van der Waals surface area contributed by atoms with Crippen molar-refractivity contribution in [2.45, 2.75) is 69.9 Å². The van der Waals surface area contributed by atoms with Crippen LogP contribution < -0.4 is 10.0 Å². The van der Waals surface area contributed by atoms with Crippen molar-refractivity contribution < 1.29 is 41.7 Å². The van der Waals surface area contributed by atoms with E-state index >= 15 is 0 Å². The summed E-state index contributed by atoms with van der Waals surface area (Å²) in [4.78, 5) is 38.6. The molecule has 0 saturated carbocycles. The molecule has 0 unspecified atom stereocenters. The average Bonchev–Trinajstić information content (AvgIpc) is 3.03. The summed E-state index contributed by atoms with van der Waals surface area (Å²) in [7, 11) is -2.52. The number of rotatable bonds is 7. The van der Waals surface area contributed by atoms with Gasteiger partial charge in [-0.15, -0.1) is 0 Å². The van der Waals surface area contributed by atoms with Crippen molar-refractivity contribution in [3.05, 3.63) is 90.0 Å². The summed E-state index contributed by atoms with van der Waals surface area (Å²) in [6.45, 7) is 6.67. The van der Waals surface area contributed by atoms with E-state index in [1.807, 2.05) is 44.2 Å². The molecule has 250 valence electrons. The highest BCUT2D eigenvalue weighted by molar-refractivity contribution is 7.89.